The van der Waals surface area contributed by atoms with Crippen molar-refractivity contribution in [2.24, 2.45) is 0 Å². The first-order valence-electron chi connectivity index (χ1n) is 6.79. The molecule has 0 saturated carbocycles. The average Bonchev–Trinajstić information content (AvgIpc) is 2.69. The van der Waals surface area contributed by atoms with Gasteiger partial charge in [-0.1, -0.05) is 18.2 Å². The molecule has 0 fully saturated rings. The molecule has 0 aromatic heterocycles. The molecule has 0 aliphatic carbocycles. The quantitative estimate of drug-likeness (QED) is 0.747. The van der Waals surface area contributed by atoms with Crippen LogP contribution in [0.1, 0.15) is 15.9 Å². The molecular weight excluding hydrogens is 268 g/mol. The van der Waals surface area contributed by atoms with E-state index in [9.17, 15) is 15.0 Å². The Morgan fingerprint density at radius 2 is 1.95 bits per heavy atom. The number of amides is 1. The van der Waals surface area contributed by atoms with Crippen molar-refractivity contribution in [2.75, 3.05) is 18.0 Å². The lowest BCUT2D eigenvalue weighted by atomic mass is 10.1. The number of aromatic hydroxyl groups is 2. The van der Waals surface area contributed by atoms with E-state index in [4.69, 9.17) is 0 Å². The predicted molar refractivity (Wildman–Crippen MR) is 79.6 cm³/mol. The summed E-state index contributed by atoms with van der Waals surface area (Å²) in [5.41, 5.74) is 2.08. The van der Waals surface area contributed by atoms with Crippen LogP contribution in [0.5, 0.6) is 11.5 Å². The molecule has 0 radical (unpaired) electrons. The number of hydrogen-bond donors (Lipinski definition) is 3. The highest BCUT2D eigenvalue weighted by molar-refractivity contribution is 6.08. The molecule has 1 amide bonds. The van der Waals surface area contributed by atoms with E-state index in [-0.39, 0.29) is 23.0 Å². The molecule has 1 aliphatic rings. The zero-order valence-electron chi connectivity index (χ0n) is 11.4. The number of hydrogen-bond acceptors (Lipinski definition) is 4. The zero-order valence-corrected chi connectivity index (χ0v) is 11.4. The molecule has 0 atom stereocenters. The molecule has 0 bridgehead atoms. The van der Waals surface area contributed by atoms with Gasteiger partial charge in [-0.05, 0) is 23.8 Å². The summed E-state index contributed by atoms with van der Waals surface area (Å²) in [5, 5.41) is 22.5. The minimum absolute atomic E-state index is 0.0676. The molecule has 0 saturated heterocycles. The van der Waals surface area contributed by atoms with Crippen LogP contribution in [0.15, 0.2) is 42.5 Å². The lowest BCUT2D eigenvalue weighted by molar-refractivity contribution is 0.0985. The van der Waals surface area contributed by atoms with Gasteiger partial charge in [0.05, 0.1) is 5.56 Å². The van der Waals surface area contributed by atoms with Crippen LogP contribution in [0.25, 0.3) is 0 Å². The van der Waals surface area contributed by atoms with Gasteiger partial charge in [0.25, 0.3) is 5.91 Å². The molecule has 3 N–H and O–H groups in total. The number of para-hydroxylation sites is 1. The van der Waals surface area contributed by atoms with Crippen LogP contribution in [0.3, 0.4) is 0 Å². The minimum atomic E-state index is -0.274. The maximum absolute atomic E-state index is 12.7. The van der Waals surface area contributed by atoms with Crippen LogP contribution in [0.2, 0.25) is 0 Å². The van der Waals surface area contributed by atoms with Gasteiger partial charge in [-0.15, -0.1) is 0 Å². The molecule has 2 aromatic rings. The van der Waals surface area contributed by atoms with Crippen molar-refractivity contribution < 1.29 is 15.0 Å². The Morgan fingerprint density at radius 3 is 2.76 bits per heavy atom. The summed E-state index contributed by atoms with van der Waals surface area (Å²) in [7, 11) is 0. The van der Waals surface area contributed by atoms with E-state index in [1.54, 1.807) is 4.90 Å². The van der Waals surface area contributed by atoms with Gasteiger partial charge >= 0.3 is 0 Å². The standard InChI is InChI=1S/C16H16N2O3/c19-12-5-6-13(15(20)9-12)16(21)18-8-7-17-10-11-3-1-2-4-14(11)18/h1-6,9,17,19-20H,7-8,10H2. The van der Waals surface area contributed by atoms with Gasteiger partial charge in [0.2, 0.25) is 0 Å². The fourth-order valence-corrected chi connectivity index (χ4v) is 2.52. The number of benzene rings is 2. The predicted octanol–water partition coefficient (Wildman–Crippen LogP) is 1.85. The van der Waals surface area contributed by atoms with Gasteiger partial charge in [-0.2, -0.15) is 0 Å². The molecule has 3 rings (SSSR count). The first-order valence-corrected chi connectivity index (χ1v) is 6.79. The first-order chi connectivity index (χ1) is 10.2. The van der Waals surface area contributed by atoms with Crippen molar-refractivity contribution in [2.45, 2.75) is 6.54 Å². The second-order valence-corrected chi connectivity index (χ2v) is 4.96. The fraction of sp³-hybridized carbons (Fsp3) is 0.188. The van der Waals surface area contributed by atoms with E-state index in [2.05, 4.69) is 5.32 Å². The fourth-order valence-electron chi connectivity index (χ4n) is 2.52. The summed E-state index contributed by atoms with van der Waals surface area (Å²) in [5.74, 6) is -0.555. The largest absolute Gasteiger partial charge is 0.508 e. The van der Waals surface area contributed by atoms with Crippen molar-refractivity contribution >= 4 is 11.6 Å². The molecule has 1 heterocycles. The van der Waals surface area contributed by atoms with E-state index < -0.39 is 0 Å². The number of nitrogens with zero attached hydrogens (tertiary/aromatic N) is 1. The van der Waals surface area contributed by atoms with E-state index in [0.29, 0.717) is 19.6 Å². The number of nitrogens with one attached hydrogen (secondary N) is 1. The molecule has 108 valence electrons. The summed E-state index contributed by atoms with van der Waals surface area (Å²) in [6.45, 7) is 1.91. The van der Waals surface area contributed by atoms with E-state index in [1.807, 2.05) is 24.3 Å². The second kappa shape index (κ2) is 5.46. The minimum Gasteiger partial charge on any atom is -0.508 e. The summed E-state index contributed by atoms with van der Waals surface area (Å²) >= 11 is 0. The van der Waals surface area contributed by atoms with Gasteiger partial charge in [0.15, 0.2) is 0 Å². The van der Waals surface area contributed by atoms with Gasteiger partial charge in [-0.25, -0.2) is 0 Å². The number of carbonyl (C=O) groups is 1. The van der Waals surface area contributed by atoms with Crippen molar-refractivity contribution in [1.82, 2.24) is 5.32 Å². The number of fused-ring (bicyclic) bond motifs is 1. The Bertz CT molecular complexity index is 685. The zero-order chi connectivity index (χ0) is 14.8. The van der Waals surface area contributed by atoms with Gasteiger partial charge in [0.1, 0.15) is 11.5 Å². The van der Waals surface area contributed by atoms with Gasteiger partial charge < -0.3 is 20.4 Å². The highest BCUT2D eigenvalue weighted by Crippen LogP contribution is 2.28. The number of phenols is 2. The SMILES string of the molecule is O=C(c1ccc(O)cc1O)N1CCNCc2ccccc21. The van der Waals surface area contributed by atoms with E-state index in [1.165, 1.54) is 18.2 Å². The smallest absolute Gasteiger partial charge is 0.262 e. The highest BCUT2D eigenvalue weighted by Gasteiger charge is 2.23. The van der Waals surface area contributed by atoms with Crippen molar-refractivity contribution in [3.8, 4) is 11.5 Å². The maximum Gasteiger partial charge on any atom is 0.262 e. The molecule has 1 aliphatic heterocycles. The molecule has 5 nitrogen and oxygen atoms in total. The van der Waals surface area contributed by atoms with Crippen LogP contribution >= 0.6 is 0 Å². The van der Waals surface area contributed by atoms with Crippen LogP contribution in [-0.4, -0.2) is 29.2 Å². The third kappa shape index (κ3) is 2.55. The number of carbonyl (C=O) groups excluding carboxylic acids is 1. The number of anilines is 1. The van der Waals surface area contributed by atoms with Gasteiger partial charge in [0, 0.05) is 31.4 Å². The first kappa shape index (κ1) is 13.5. The summed E-state index contributed by atoms with van der Waals surface area (Å²) in [4.78, 5) is 14.4. The Balaban J connectivity index is 2.01. The monoisotopic (exact) mass is 284 g/mol. The molecule has 2 aromatic carbocycles. The van der Waals surface area contributed by atoms with Crippen LogP contribution < -0.4 is 10.2 Å². The summed E-state index contributed by atoms with van der Waals surface area (Å²) in [6, 6.07) is 11.7. The van der Waals surface area contributed by atoms with Crippen molar-refractivity contribution in [1.29, 1.82) is 0 Å². The van der Waals surface area contributed by atoms with Gasteiger partial charge in [-0.3, -0.25) is 4.79 Å². The second-order valence-electron chi connectivity index (χ2n) is 4.96. The molecule has 0 unspecified atom stereocenters. The number of rotatable bonds is 1. The van der Waals surface area contributed by atoms with Crippen molar-refractivity contribution in [3.63, 3.8) is 0 Å². The Labute approximate surface area is 122 Å². The Hall–Kier alpha value is -2.53. The lowest BCUT2D eigenvalue weighted by Gasteiger charge is -2.23. The molecular formula is C16H16N2O3. The summed E-state index contributed by atoms with van der Waals surface area (Å²) in [6.07, 6.45) is 0. The van der Waals surface area contributed by atoms with Crippen LogP contribution in [-0.2, 0) is 6.54 Å². The van der Waals surface area contributed by atoms with Crippen LogP contribution in [0.4, 0.5) is 5.69 Å². The Morgan fingerprint density at radius 1 is 1.14 bits per heavy atom. The molecule has 5 heteroatoms. The third-order valence-corrected chi connectivity index (χ3v) is 3.57. The van der Waals surface area contributed by atoms with Crippen LogP contribution in [0, 0.1) is 0 Å². The normalized spacial score (nSPS) is 14.4. The van der Waals surface area contributed by atoms with E-state index >= 15 is 0 Å². The topological polar surface area (TPSA) is 72.8 Å². The molecule has 21 heavy (non-hydrogen) atoms. The maximum atomic E-state index is 12.7. The third-order valence-electron chi connectivity index (χ3n) is 3.57. The van der Waals surface area contributed by atoms with E-state index in [0.717, 1.165) is 11.3 Å². The van der Waals surface area contributed by atoms with Crippen molar-refractivity contribution in [3.05, 3.63) is 53.6 Å². The number of phenolic OH excluding ortho intramolecular Hbond substituents is 2. The Kier molecular flexibility index (Phi) is 3.50. The lowest BCUT2D eigenvalue weighted by Crippen LogP contribution is -2.34. The highest BCUT2D eigenvalue weighted by atomic mass is 16.3. The average molecular weight is 284 g/mol. The molecule has 0 spiro atoms. The summed E-state index contributed by atoms with van der Waals surface area (Å²) < 4.78 is 0.